The Bertz CT molecular complexity index is 499. The number of likely N-dealkylation sites (tertiary alicyclic amines) is 1. The minimum Gasteiger partial charge on any atom is -0.352 e. The van der Waals surface area contributed by atoms with Gasteiger partial charge in [-0.2, -0.15) is 5.10 Å². The summed E-state index contributed by atoms with van der Waals surface area (Å²) in [5.74, 6) is 0.791. The molecule has 1 saturated carbocycles. The van der Waals surface area contributed by atoms with E-state index in [1.165, 1.54) is 18.5 Å². The lowest BCUT2D eigenvalue weighted by atomic mass is 9.92. The number of aryl methyl sites for hydroxylation is 1. The van der Waals surface area contributed by atoms with Crippen molar-refractivity contribution in [1.29, 1.82) is 0 Å². The Morgan fingerprint density at radius 2 is 1.95 bits per heavy atom. The fourth-order valence-electron chi connectivity index (χ4n) is 3.92. The highest BCUT2D eigenvalue weighted by atomic mass is 16.2. The van der Waals surface area contributed by atoms with Crippen molar-refractivity contribution in [2.75, 3.05) is 13.1 Å². The van der Waals surface area contributed by atoms with Crippen LogP contribution in [-0.4, -0.2) is 45.8 Å². The number of rotatable bonds is 4. The molecule has 1 atom stereocenters. The summed E-state index contributed by atoms with van der Waals surface area (Å²) < 4.78 is 1.98. The van der Waals surface area contributed by atoms with Crippen LogP contribution < -0.4 is 5.32 Å². The van der Waals surface area contributed by atoms with E-state index in [0.29, 0.717) is 12.0 Å². The number of carbonyl (C=O) groups is 1. The zero-order valence-corrected chi connectivity index (χ0v) is 13.8. The quantitative estimate of drug-likeness (QED) is 0.926. The second kappa shape index (κ2) is 6.82. The average Bonchev–Trinajstić information content (AvgIpc) is 3.18. The molecule has 0 aromatic carbocycles. The topological polar surface area (TPSA) is 50.2 Å². The standard InChI is InChI=1S/C17H28N4O/c1-13(17(22)19-15-5-3-4-6-15)21-11-8-14(9-12-21)16-7-10-18-20(16)2/h7,10,13-15H,3-6,8-9,11-12H2,1-2H3,(H,19,22). The molecule has 0 bridgehead atoms. The van der Waals surface area contributed by atoms with Gasteiger partial charge in [-0.05, 0) is 51.8 Å². The van der Waals surface area contributed by atoms with Crippen LogP contribution in [0.4, 0.5) is 0 Å². The predicted octanol–water partition coefficient (Wildman–Crippen LogP) is 2.05. The molecule has 3 rings (SSSR count). The largest absolute Gasteiger partial charge is 0.352 e. The van der Waals surface area contributed by atoms with E-state index in [4.69, 9.17) is 0 Å². The predicted molar refractivity (Wildman–Crippen MR) is 86.6 cm³/mol. The Morgan fingerprint density at radius 3 is 2.55 bits per heavy atom. The minimum absolute atomic E-state index is 0.00640. The van der Waals surface area contributed by atoms with Crippen molar-refractivity contribution < 1.29 is 4.79 Å². The highest BCUT2D eigenvalue weighted by Gasteiger charge is 2.29. The van der Waals surface area contributed by atoms with Crippen molar-refractivity contribution in [1.82, 2.24) is 20.0 Å². The van der Waals surface area contributed by atoms with Crippen LogP contribution in [0.2, 0.25) is 0 Å². The molecular weight excluding hydrogens is 276 g/mol. The summed E-state index contributed by atoms with van der Waals surface area (Å²) in [7, 11) is 2.01. The van der Waals surface area contributed by atoms with Crippen molar-refractivity contribution in [3.63, 3.8) is 0 Å². The van der Waals surface area contributed by atoms with Crippen LogP contribution in [0.1, 0.15) is 57.1 Å². The van der Waals surface area contributed by atoms with Gasteiger partial charge in [-0.15, -0.1) is 0 Å². The average molecular weight is 304 g/mol. The van der Waals surface area contributed by atoms with Crippen LogP contribution in [-0.2, 0) is 11.8 Å². The first kappa shape index (κ1) is 15.5. The molecule has 1 aromatic heterocycles. The third-order valence-corrected chi connectivity index (χ3v) is 5.44. The summed E-state index contributed by atoms with van der Waals surface area (Å²) in [4.78, 5) is 14.7. The number of hydrogen-bond donors (Lipinski definition) is 1. The third-order valence-electron chi connectivity index (χ3n) is 5.44. The fraction of sp³-hybridized carbons (Fsp3) is 0.765. The maximum absolute atomic E-state index is 12.4. The van der Waals surface area contributed by atoms with Crippen molar-refractivity contribution in [3.8, 4) is 0 Å². The van der Waals surface area contributed by atoms with Gasteiger partial charge in [-0.3, -0.25) is 14.4 Å². The molecule has 122 valence electrons. The van der Waals surface area contributed by atoms with Crippen molar-refractivity contribution in [2.45, 2.75) is 63.5 Å². The second-order valence-corrected chi connectivity index (χ2v) is 6.86. The van der Waals surface area contributed by atoms with E-state index in [2.05, 4.69) is 28.3 Å². The molecule has 1 N–H and O–H groups in total. The van der Waals surface area contributed by atoms with Gasteiger partial charge in [-0.25, -0.2) is 0 Å². The molecule has 1 aromatic rings. The van der Waals surface area contributed by atoms with Crippen LogP contribution in [0, 0.1) is 0 Å². The molecule has 22 heavy (non-hydrogen) atoms. The first-order valence-corrected chi connectivity index (χ1v) is 8.67. The van der Waals surface area contributed by atoms with Crippen LogP contribution in [0.3, 0.4) is 0 Å². The molecule has 1 saturated heterocycles. The normalized spacial score (nSPS) is 22.8. The zero-order chi connectivity index (χ0) is 15.5. The van der Waals surface area contributed by atoms with Crippen LogP contribution in [0.15, 0.2) is 12.3 Å². The van der Waals surface area contributed by atoms with E-state index in [1.807, 2.05) is 17.9 Å². The molecular formula is C17H28N4O. The number of nitrogens with one attached hydrogen (secondary N) is 1. The Balaban J connectivity index is 1.50. The molecule has 1 unspecified atom stereocenters. The van der Waals surface area contributed by atoms with Crippen LogP contribution >= 0.6 is 0 Å². The summed E-state index contributed by atoms with van der Waals surface area (Å²) >= 11 is 0. The van der Waals surface area contributed by atoms with E-state index < -0.39 is 0 Å². The molecule has 5 heteroatoms. The van der Waals surface area contributed by atoms with Crippen molar-refractivity contribution in [2.24, 2.45) is 7.05 Å². The highest BCUT2D eigenvalue weighted by Crippen LogP contribution is 2.28. The van der Waals surface area contributed by atoms with E-state index in [1.54, 1.807) is 0 Å². The highest BCUT2D eigenvalue weighted by molar-refractivity contribution is 5.81. The lowest BCUT2D eigenvalue weighted by Crippen LogP contribution is -2.50. The summed E-state index contributed by atoms with van der Waals surface area (Å²) in [6.45, 7) is 4.04. The number of nitrogens with zero attached hydrogens (tertiary/aromatic N) is 3. The lowest BCUT2D eigenvalue weighted by molar-refractivity contribution is -0.127. The molecule has 2 heterocycles. The molecule has 2 fully saturated rings. The number of carbonyl (C=O) groups excluding carboxylic acids is 1. The zero-order valence-electron chi connectivity index (χ0n) is 13.8. The molecule has 5 nitrogen and oxygen atoms in total. The molecule has 0 spiro atoms. The second-order valence-electron chi connectivity index (χ2n) is 6.86. The summed E-state index contributed by atoms with van der Waals surface area (Å²) in [6.07, 6.45) is 8.92. The Morgan fingerprint density at radius 1 is 1.27 bits per heavy atom. The summed E-state index contributed by atoms with van der Waals surface area (Å²) in [5.41, 5.74) is 1.32. The minimum atomic E-state index is -0.00640. The van der Waals surface area contributed by atoms with E-state index >= 15 is 0 Å². The first-order valence-electron chi connectivity index (χ1n) is 8.67. The van der Waals surface area contributed by atoms with E-state index in [-0.39, 0.29) is 11.9 Å². The van der Waals surface area contributed by atoms with Gasteiger partial charge in [0.1, 0.15) is 0 Å². The maximum Gasteiger partial charge on any atom is 0.237 e. The molecule has 1 aliphatic heterocycles. The number of hydrogen-bond acceptors (Lipinski definition) is 3. The lowest BCUT2D eigenvalue weighted by Gasteiger charge is -2.35. The Kier molecular flexibility index (Phi) is 4.81. The maximum atomic E-state index is 12.4. The summed E-state index contributed by atoms with van der Waals surface area (Å²) in [6, 6.07) is 2.53. The molecule has 0 radical (unpaired) electrons. The molecule has 2 aliphatic rings. The molecule has 1 aliphatic carbocycles. The first-order chi connectivity index (χ1) is 10.6. The number of piperidine rings is 1. The summed E-state index contributed by atoms with van der Waals surface area (Å²) in [5, 5.41) is 7.50. The molecule has 1 amide bonds. The van der Waals surface area contributed by atoms with Crippen LogP contribution in [0.5, 0.6) is 0 Å². The van der Waals surface area contributed by atoms with Gasteiger partial charge in [0.15, 0.2) is 0 Å². The van der Waals surface area contributed by atoms with Crippen molar-refractivity contribution in [3.05, 3.63) is 18.0 Å². The SMILES string of the molecule is CC(C(=O)NC1CCCC1)N1CCC(c2ccnn2C)CC1. The van der Waals surface area contributed by atoms with E-state index in [9.17, 15) is 4.79 Å². The van der Waals surface area contributed by atoms with Gasteiger partial charge in [-0.1, -0.05) is 12.8 Å². The fourth-order valence-corrected chi connectivity index (χ4v) is 3.92. The van der Waals surface area contributed by atoms with Gasteiger partial charge in [0.2, 0.25) is 5.91 Å². The van der Waals surface area contributed by atoms with E-state index in [0.717, 1.165) is 38.8 Å². The monoisotopic (exact) mass is 304 g/mol. The van der Waals surface area contributed by atoms with Crippen molar-refractivity contribution >= 4 is 5.91 Å². The number of aromatic nitrogens is 2. The van der Waals surface area contributed by atoms with Gasteiger partial charge in [0.05, 0.1) is 6.04 Å². The van der Waals surface area contributed by atoms with Gasteiger partial charge < -0.3 is 5.32 Å². The van der Waals surface area contributed by atoms with Gasteiger partial charge in [0, 0.05) is 30.9 Å². The van der Waals surface area contributed by atoms with Gasteiger partial charge >= 0.3 is 0 Å². The Hall–Kier alpha value is -1.36. The number of amides is 1. The smallest absolute Gasteiger partial charge is 0.237 e. The Labute approximate surface area is 133 Å². The van der Waals surface area contributed by atoms with Gasteiger partial charge in [0.25, 0.3) is 0 Å². The van der Waals surface area contributed by atoms with Crippen LogP contribution in [0.25, 0.3) is 0 Å². The third kappa shape index (κ3) is 3.35.